The van der Waals surface area contributed by atoms with Crippen molar-refractivity contribution in [3.05, 3.63) is 28.3 Å². The van der Waals surface area contributed by atoms with E-state index in [4.69, 9.17) is 23.2 Å². The highest BCUT2D eigenvalue weighted by Gasteiger charge is 2.47. The van der Waals surface area contributed by atoms with E-state index in [1.807, 2.05) is 0 Å². The predicted octanol–water partition coefficient (Wildman–Crippen LogP) is 3.71. The molecule has 0 unspecified atom stereocenters. The topological polar surface area (TPSA) is 152 Å². The van der Waals surface area contributed by atoms with E-state index in [1.54, 1.807) is 0 Å². The Morgan fingerprint density at radius 2 is 1.53 bits per heavy atom. The van der Waals surface area contributed by atoms with Crippen LogP contribution in [0.1, 0.15) is 0 Å². The molecule has 0 aromatic heterocycles. The zero-order chi connectivity index (χ0) is 27.7. The smallest absolute Gasteiger partial charge is 0.293 e. The second-order valence-corrected chi connectivity index (χ2v) is 26.8. The Labute approximate surface area is 217 Å². The number of benzene rings is 1. The summed E-state index contributed by atoms with van der Waals surface area (Å²) in [6.45, 7) is 19.4. The standard InChI is InChI=1S/C21H41N3O8SSi3/c1-34(2,3)30-19-14-29-18(20(31-35(4,5)6)21(19)32-36(7,8)9)13-23-16-11-10-15(33(22,27)28)12-17(16)24(25)26/h10-12,18-21,23H,13-14H2,1-9H3,(H2,22,27,28)/t18-,19+,20-,21-/m1/s1. The Balaban J connectivity index is 2.39. The molecule has 0 radical (unpaired) electrons. The van der Waals surface area contributed by atoms with Crippen LogP contribution < -0.4 is 10.5 Å². The third kappa shape index (κ3) is 9.61. The average Bonchev–Trinajstić information content (AvgIpc) is 2.66. The van der Waals surface area contributed by atoms with E-state index in [9.17, 15) is 18.5 Å². The zero-order valence-corrected chi connectivity index (χ0v) is 26.5. The lowest BCUT2D eigenvalue weighted by atomic mass is 10.00. The van der Waals surface area contributed by atoms with Crippen molar-refractivity contribution < 1.29 is 31.4 Å². The van der Waals surface area contributed by atoms with E-state index in [-0.39, 0.29) is 29.3 Å². The number of hydrogen-bond acceptors (Lipinski definition) is 9. The molecule has 206 valence electrons. The Bertz CT molecular complexity index is 1040. The minimum Gasteiger partial charge on any atom is -0.410 e. The van der Waals surface area contributed by atoms with Gasteiger partial charge in [0.15, 0.2) is 25.0 Å². The molecule has 0 spiro atoms. The average molecular weight is 580 g/mol. The quantitative estimate of drug-likeness (QED) is 0.227. The molecule has 1 aromatic rings. The summed E-state index contributed by atoms with van der Waals surface area (Å²) in [6.07, 6.45) is -1.56. The fourth-order valence-corrected chi connectivity index (χ4v) is 7.71. The van der Waals surface area contributed by atoms with Gasteiger partial charge in [0, 0.05) is 12.6 Å². The zero-order valence-electron chi connectivity index (χ0n) is 22.7. The largest absolute Gasteiger partial charge is 0.410 e. The van der Waals surface area contributed by atoms with E-state index >= 15 is 0 Å². The lowest BCUT2D eigenvalue weighted by molar-refractivity contribution is -0.384. The number of nitrogens with one attached hydrogen (secondary N) is 1. The summed E-state index contributed by atoms with van der Waals surface area (Å²) in [4.78, 5) is 10.7. The number of anilines is 1. The highest BCUT2D eigenvalue weighted by molar-refractivity contribution is 7.89. The van der Waals surface area contributed by atoms with Crippen LogP contribution in [0.4, 0.5) is 11.4 Å². The summed E-state index contributed by atoms with van der Waals surface area (Å²) < 4.78 is 49.2. The summed E-state index contributed by atoms with van der Waals surface area (Å²) in [5.74, 6) is 0. The van der Waals surface area contributed by atoms with Gasteiger partial charge < -0.3 is 23.3 Å². The lowest BCUT2D eigenvalue weighted by Crippen LogP contribution is -2.63. The first-order valence-electron chi connectivity index (χ1n) is 11.9. The van der Waals surface area contributed by atoms with Gasteiger partial charge in [0.05, 0.1) is 28.6 Å². The predicted molar refractivity (Wildman–Crippen MR) is 147 cm³/mol. The Kier molecular flexibility index (Phi) is 9.73. The summed E-state index contributed by atoms with van der Waals surface area (Å²) >= 11 is 0. The van der Waals surface area contributed by atoms with Crippen LogP contribution in [0.15, 0.2) is 23.1 Å². The summed E-state index contributed by atoms with van der Waals surface area (Å²) in [7, 11) is -10.1. The van der Waals surface area contributed by atoms with E-state index in [0.717, 1.165) is 6.07 Å². The van der Waals surface area contributed by atoms with Crippen molar-refractivity contribution in [2.24, 2.45) is 5.14 Å². The van der Waals surface area contributed by atoms with Crippen molar-refractivity contribution in [3.63, 3.8) is 0 Å². The van der Waals surface area contributed by atoms with Crippen LogP contribution in [0.25, 0.3) is 0 Å². The molecule has 0 amide bonds. The van der Waals surface area contributed by atoms with Gasteiger partial charge in [-0.1, -0.05) is 0 Å². The molecule has 2 rings (SSSR count). The second kappa shape index (κ2) is 11.3. The van der Waals surface area contributed by atoms with Crippen LogP contribution in [-0.4, -0.2) is 75.9 Å². The van der Waals surface area contributed by atoms with Crippen molar-refractivity contribution in [1.82, 2.24) is 0 Å². The molecule has 15 heteroatoms. The number of nitrogens with two attached hydrogens (primary N) is 1. The van der Waals surface area contributed by atoms with Crippen molar-refractivity contribution in [2.45, 2.75) is 88.2 Å². The van der Waals surface area contributed by atoms with E-state index in [2.05, 4.69) is 64.2 Å². The molecular weight excluding hydrogens is 539 g/mol. The molecule has 3 N–H and O–H groups in total. The fraction of sp³-hybridized carbons (Fsp3) is 0.714. The molecule has 36 heavy (non-hydrogen) atoms. The minimum atomic E-state index is -4.08. The first-order valence-corrected chi connectivity index (χ1v) is 23.6. The van der Waals surface area contributed by atoms with Gasteiger partial charge >= 0.3 is 0 Å². The maximum atomic E-state index is 11.7. The van der Waals surface area contributed by atoms with Gasteiger partial charge in [0.1, 0.15) is 17.9 Å². The number of primary sulfonamides is 1. The van der Waals surface area contributed by atoms with Crippen LogP contribution in [0, 0.1) is 10.1 Å². The van der Waals surface area contributed by atoms with E-state index in [0.29, 0.717) is 6.61 Å². The fourth-order valence-electron chi connectivity index (χ4n) is 3.86. The lowest BCUT2D eigenvalue weighted by Gasteiger charge is -2.48. The number of nitro benzene ring substituents is 1. The van der Waals surface area contributed by atoms with Gasteiger partial charge in [-0.2, -0.15) is 0 Å². The van der Waals surface area contributed by atoms with Crippen LogP contribution >= 0.6 is 0 Å². The molecule has 1 aliphatic heterocycles. The Morgan fingerprint density at radius 1 is 1.00 bits per heavy atom. The maximum absolute atomic E-state index is 11.7. The van der Waals surface area contributed by atoms with Crippen molar-refractivity contribution >= 4 is 46.4 Å². The SMILES string of the molecule is C[Si](C)(C)O[C@H]1[C@H](O[Si](C)(C)C)[C@@H](CNc2ccc(S(N)(=O)=O)cc2[N+](=O)[O-])OC[C@@H]1O[Si](C)(C)C. The highest BCUT2D eigenvalue weighted by atomic mass is 32.2. The third-order valence-corrected chi connectivity index (χ3v) is 8.88. The molecule has 1 saturated heterocycles. The highest BCUT2D eigenvalue weighted by Crippen LogP contribution is 2.32. The molecule has 1 heterocycles. The number of rotatable bonds is 11. The van der Waals surface area contributed by atoms with E-state index < -0.39 is 57.8 Å². The van der Waals surface area contributed by atoms with E-state index in [1.165, 1.54) is 12.1 Å². The normalized spacial score (nSPS) is 23.9. The number of ether oxygens (including phenoxy) is 1. The molecule has 0 aliphatic carbocycles. The van der Waals surface area contributed by atoms with Crippen molar-refractivity contribution in [3.8, 4) is 0 Å². The second-order valence-electron chi connectivity index (χ2n) is 11.9. The van der Waals surface area contributed by atoms with Crippen LogP contribution in [0.2, 0.25) is 58.9 Å². The summed E-state index contributed by atoms with van der Waals surface area (Å²) in [5, 5.41) is 19.8. The van der Waals surface area contributed by atoms with Crippen molar-refractivity contribution in [1.29, 1.82) is 0 Å². The first kappa shape index (κ1) is 31.0. The minimum absolute atomic E-state index is 0.158. The van der Waals surface area contributed by atoms with Gasteiger partial charge in [0.25, 0.3) is 5.69 Å². The van der Waals surface area contributed by atoms with Crippen LogP contribution in [0.3, 0.4) is 0 Å². The third-order valence-electron chi connectivity index (χ3n) is 5.00. The van der Waals surface area contributed by atoms with Crippen LogP contribution in [-0.2, 0) is 28.0 Å². The summed E-state index contributed by atoms with van der Waals surface area (Å²) in [6, 6.07) is 3.52. The molecule has 1 aromatic carbocycles. The van der Waals surface area contributed by atoms with Crippen molar-refractivity contribution in [2.75, 3.05) is 18.5 Å². The number of nitro groups is 1. The molecule has 11 nitrogen and oxygen atoms in total. The molecule has 1 aliphatic rings. The maximum Gasteiger partial charge on any atom is 0.293 e. The molecule has 1 fully saturated rings. The van der Waals surface area contributed by atoms with Gasteiger partial charge in [0.2, 0.25) is 10.0 Å². The molecule has 4 atom stereocenters. The van der Waals surface area contributed by atoms with Gasteiger partial charge in [-0.05, 0) is 71.1 Å². The first-order chi connectivity index (χ1) is 16.2. The number of sulfonamides is 1. The number of nitrogens with zero attached hydrogens (tertiary/aromatic N) is 1. The number of hydrogen-bond donors (Lipinski definition) is 2. The van der Waals surface area contributed by atoms with Gasteiger partial charge in [-0.15, -0.1) is 0 Å². The summed E-state index contributed by atoms with van der Waals surface area (Å²) in [5.41, 5.74) is -0.235. The molecule has 0 saturated carbocycles. The Hall–Kier alpha value is -1.18. The molecule has 0 bridgehead atoms. The van der Waals surface area contributed by atoms with Gasteiger partial charge in [-0.3, -0.25) is 10.1 Å². The van der Waals surface area contributed by atoms with Gasteiger partial charge in [-0.25, -0.2) is 13.6 Å². The Morgan fingerprint density at radius 3 is 2.00 bits per heavy atom. The molecular formula is C21H41N3O8SSi3. The van der Waals surface area contributed by atoms with Crippen LogP contribution in [0.5, 0.6) is 0 Å². The monoisotopic (exact) mass is 579 g/mol.